The molecule has 1 aliphatic carbocycles. The molecule has 0 saturated heterocycles. The van der Waals surface area contributed by atoms with Gasteiger partial charge in [0.15, 0.2) is 0 Å². The van der Waals surface area contributed by atoms with E-state index in [0.29, 0.717) is 29.5 Å². The normalized spacial score (nSPS) is 15.5. The number of methoxy groups -OCH3 is 1. The molecule has 0 aliphatic heterocycles. The van der Waals surface area contributed by atoms with Gasteiger partial charge in [-0.2, -0.15) is 0 Å². The number of ether oxygens (including phenoxy) is 1. The minimum Gasteiger partial charge on any atom is -0.496 e. The van der Waals surface area contributed by atoms with Crippen LogP contribution < -0.4 is 9.46 Å². The SMILES string of the molecule is COc1ccc(C(C)(C)C)cc1C1(C(=O)NS(=O)(=O)c2cccc3ncccc23)CC1. The number of benzene rings is 2. The Morgan fingerprint density at radius 3 is 2.48 bits per heavy atom. The minimum absolute atomic E-state index is 0.0395. The van der Waals surface area contributed by atoms with E-state index in [0.717, 1.165) is 11.1 Å². The van der Waals surface area contributed by atoms with E-state index < -0.39 is 21.3 Å². The smallest absolute Gasteiger partial charge is 0.264 e. The summed E-state index contributed by atoms with van der Waals surface area (Å²) < 4.78 is 34.2. The Morgan fingerprint density at radius 2 is 1.84 bits per heavy atom. The summed E-state index contributed by atoms with van der Waals surface area (Å²) in [6.45, 7) is 6.28. The molecule has 4 rings (SSSR count). The Morgan fingerprint density at radius 1 is 1.10 bits per heavy atom. The van der Waals surface area contributed by atoms with Crippen LogP contribution in [0.25, 0.3) is 10.9 Å². The summed E-state index contributed by atoms with van der Waals surface area (Å²) in [4.78, 5) is 17.6. The van der Waals surface area contributed by atoms with Gasteiger partial charge in [0.2, 0.25) is 5.91 Å². The number of carbonyl (C=O) groups is 1. The second-order valence-electron chi connectivity index (χ2n) is 9.01. The highest BCUT2D eigenvalue weighted by atomic mass is 32.2. The second kappa shape index (κ2) is 7.34. The zero-order chi connectivity index (χ0) is 22.4. The number of hydrogen-bond donors (Lipinski definition) is 1. The van der Waals surface area contributed by atoms with Crippen LogP contribution in [0.1, 0.15) is 44.7 Å². The molecule has 1 fully saturated rings. The summed E-state index contributed by atoms with van der Waals surface area (Å²) in [5.74, 6) is 0.0603. The van der Waals surface area contributed by atoms with Crippen molar-refractivity contribution < 1.29 is 17.9 Å². The number of nitrogens with one attached hydrogen (secondary N) is 1. The molecule has 2 aromatic carbocycles. The average Bonchev–Trinajstić information content (AvgIpc) is 3.54. The molecule has 3 aromatic rings. The summed E-state index contributed by atoms with van der Waals surface area (Å²) in [7, 11) is -2.52. The fourth-order valence-electron chi connectivity index (χ4n) is 3.88. The predicted molar refractivity (Wildman–Crippen MR) is 120 cm³/mol. The highest BCUT2D eigenvalue weighted by molar-refractivity contribution is 7.90. The van der Waals surface area contributed by atoms with E-state index in [1.165, 1.54) is 6.07 Å². The lowest BCUT2D eigenvalue weighted by molar-refractivity contribution is -0.121. The molecule has 1 N–H and O–H groups in total. The van der Waals surface area contributed by atoms with Crippen LogP contribution in [0.5, 0.6) is 5.75 Å². The summed E-state index contributed by atoms with van der Waals surface area (Å²) in [5.41, 5.74) is 1.32. The molecular formula is C24H26N2O4S. The standard InChI is InChI=1S/C24H26N2O4S/c1-23(2,3)16-10-11-20(30-4)18(15-16)24(12-13-24)22(27)26-31(28,29)21-9-5-8-19-17(21)7-6-14-25-19/h5-11,14-15H,12-13H2,1-4H3,(H,26,27). The van der Waals surface area contributed by atoms with Crippen LogP contribution in [0.15, 0.2) is 59.6 Å². The molecule has 31 heavy (non-hydrogen) atoms. The third-order valence-electron chi connectivity index (χ3n) is 5.89. The predicted octanol–water partition coefficient (Wildman–Crippen LogP) is 4.08. The van der Waals surface area contributed by atoms with Gasteiger partial charge < -0.3 is 4.74 Å². The molecule has 1 aromatic heterocycles. The Kier molecular flexibility index (Phi) is 5.04. The van der Waals surface area contributed by atoms with Gasteiger partial charge in [0.25, 0.3) is 10.0 Å². The van der Waals surface area contributed by atoms with E-state index in [1.54, 1.807) is 37.6 Å². The van der Waals surface area contributed by atoms with E-state index in [2.05, 4.69) is 30.5 Å². The van der Waals surface area contributed by atoms with Crippen LogP contribution in [0.2, 0.25) is 0 Å². The molecule has 1 saturated carbocycles. The molecule has 6 nitrogen and oxygen atoms in total. The number of carbonyl (C=O) groups excluding carboxylic acids is 1. The number of aromatic nitrogens is 1. The zero-order valence-corrected chi connectivity index (χ0v) is 18.9. The van der Waals surface area contributed by atoms with Crippen molar-refractivity contribution in [1.29, 1.82) is 0 Å². The maximum absolute atomic E-state index is 13.3. The van der Waals surface area contributed by atoms with Crippen molar-refractivity contribution in [3.8, 4) is 5.75 Å². The molecule has 0 radical (unpaired) electrons. The van der Waals surface area contributed by atoms with E-state index in [9.17, 15) is 13.2 Å². The highest BCUT2D eigenvalue weighted by Crippen LogP contribution is 2.52. The topological polar surface area (TPSA) is 85.4 Å². The first-order chi connectivity index (χ1) is 14.6. The summed E-state index contributed by atoms with van der Waals surface area (Å²) in [5, 5.41) is 0.474. The van der Waals surface area contributed by atoms with Gasteiger partial charge in [-0.1, -0.05) is 39.0 Å². The zero-order valence-electron chi connectivity index (χ0n) is 18.1. The average molecular weight is 439 g/mol. The van der Waals surface area contributed by atoms with Gasteiger partial charge in [-0.25, -0.2) is 13.1 Å². The lowest BCUT2D eigenvalue weighted by Gasteiger charge is -2.24. The van der Waals surface area contributed by atoms with Gasteiger partial charge in [0, 0.05) is 17.1 Å². The van der Waals surface area contributed by atoms with Crippen molar-refractivity contribution in [2.45, 2.75) is 49.3 Å². The number of sulfonamides is 1. The van der Waals surface area contributed by atoms with Gasteiger partial charge >= 0.3 is 0 Å². The first kappa shape index (κ1) is 21.3. The van der Waals surface area contributed by atoms with Gasteiger partial charge in [-0.3, -0.25) is 9.78 Å². The number of pyridine rings is 1. The molecule has 0 unspecified atom stereocenters. The van der Waals surface area contributed by atoms with E-state index in [-0.39, 0.29) is 10.3 Å². The molecular weight excluding hydrogens is 412 g/mol. The fourth-order valence-corrected chi connectivity index (χ4v) is 5.15. The molecule has 0 spiro atoms. The minimum atomic E-state index is -4.08. The van der Waals surface area contributed by atoms with Crippen LogP contribution in [-0.4, -0.2) is 26.4 Å². The summed E-state index contributed by atoms with van der Waals surface area (Å²) in [6, 6.07) is 14.0. The van der Waals surface area contributed by atoms with Gasteiger partial charge in [-0.05, 0) is 54.2 Å². The van der Waals surface area contributed by atoms with E-state index >= 15 is 0 Å². The van der Waals surface area contributed by atoms with Crippen LogP contribution in [0, 0.1) is 0 Å². The Hall–Kier alpha value is -2.93. The van der Waals surface area contributed by atoms with Gasteiger partial charge in [0.05, 0.1) is 22.9 Å². The third-order valence-corrected chi connectivity index (χ3v) is 7.28. The third kappa shape index (κ3) is 3.78. The Bertz CT molecular complexity index is 1270. The molecule has 162 valence electrons. The van der Waals surface area contributed by atoms with Crippen LogP contribution in [-0.2, 0) is 25.6 Å². The molecule has 1 aliphatic rings. The van der Waals surface area contributed by atoms with E-state index in [1.807, 2.05) is 18.2 Å². The summed E-state index contributed by atoms with van der Waals surface area (Å²) >= 11 is 0. The maximum atomic E-state index is 13.3. The van der Waals surface area contributed by atoms with Gasteiger partial charge in [0.1, 0.15) is 5.75 Å². The van der Waals surface area contributed by atoms with Crippen LogP contribution >= 0.6 is 0 Å². The van der Waals surface area contributed by atoms with Crippen molar-refractivity contribution in [3.05, 3.63) is 65.9 Å². The van der Waals surface area contributed by atoms with Crippen LogP contribution in [0.3, 0.4) is 0 Å². The van der Waals surface area contributed by atoms with Crippen molar-refractivity contribution >= 4 is 26.8 Å². The monoisotopic (exact) mass is 438 g/mol. The second-order valence-corrected chi connectivity index (χ2v) is 10.7. The van der Waals surface area contributed by atoms with Crippen molar-refractivity contribution in [3.63, 3.8) is 0 Å². The maximum Gasteiger partial charge on any atom is 0.264 e. The molecule has 7 heteroatoms. The quantitative estimate of drug-likeness (QED) is 0.649. The molecule has 0 atom stereocenters. The molecule has 1 heterocycles. The Balaban J connectivity index is 1.72. The van der Waals surface area contributed by atoms with Crippen LogP contribution in [0.4, 0.5) is 0 Å². The Labute approximate surface area is 182 Å². The number of hydrogen-bond acceptors (Lipinski definition) is 5. The lowest BCUT2D eigenvalue weighted by atomic mass is 9.83. The first-order valence-corrected chi connectivity index (χ1v) is 11.7. The summed E-state index contributed by atoms with van der Waals surface area (Å²) in [6.07, 6.45) is 2.73. The number of amides is 1. The van der Waals surface area contributed by atoms with Gasteiger partial charge in [-0.15, -0.1) is 0 Å². The van der Waals surface area contributed by atoms with Crippen molar-refractivity contribution in [1.82, 2.24) is 9.71 Å². The number of rotatable bonds is 5. The number of fused-ring (bicyclic) bond motifs is 1. The van der Waals surface area contributed by atoms with Crippen molar-refractivity contribution in [2.24, 2.45) is 0 Å². The fraction of sp³-hybridized carbons (Fsp3) is 0.333. The van der Waals surface area contributed by atoms with Crippen molar-refractivity contribution in [2.75, 3.05) is 7.11 Å². The lowest BCUT2D eigenvalue weighted by Crippen LogP contribution is -2.39. The first-order valence-electron chi connectivity index (χ1n) is 10.2. The highest BCUT2D eigenvalue weighted by Gasteiger charge is 2.54. The van der Waals surface area contributed by atoms with E-state index in [4.69, 9.17) is 4.74 Å². The molecule has 1 amide bonds. The number of nitrogens with zero attached hydrogens (tertiary/aromatic N) is 1. The largest absolute Gasteiger partial charge is 0.496 e. The molecule has 0 bridgehead atoms.